The molecule has 1 aliphatic rings. The molecule has 146 valence electrons. The number of sulfonamides is 1. The molecule has 0 spiro atoms. The van der Waals surface area contributed by atoms with Crippen LogP contribution in [-0.2, 0) is 16.2 Å². The highest BCUT2D eigenvalue weighted by molar-refractivity contribution is 7.88. The van der Waals surface area contributed by atoms with E-state index in [0.717, 1.165) is 31.4 Å². The molecule has 1 aliphatic carbocycles. The molecule has 3 rings (SSSR count). The Morgan fingerprint density at radius 3 is 2.63 bits per heavy atom. The van der Waals surface area contributed by atoms with Gasteiger partial charge < -0.3 is 5.32 Å². The zero-order chi connectivity index (χ0) is 19.7. The van der Waals surface area contributed by atoms with E-state index in [1.807, 2.05) is 0 Å². The zero-order valence-corrected chi connectivity index (χ0v) is 15.2. The Morgan fingerprint density at radius 2 is 1.93 bits per heavy atom. The quantitative estimate of drug-likeness (QED) is 0.799. The summed E-state index contributed by atoms with van der Waals surface area (Å²) >= 11 is 0. The average molecular weight is 401 g/mol. The second-order valence-corrected chi connectivity index (χ2v) is 8.18. The molecule has 0 radical (unpaired) electrons. The lowest BCUT2D eigenvalue weighted by Crippen LogP contribution is -2.42. The van der Waals surface area contributed by atoms with Gasteiger partial charge in [0.05, 0.1) is 11.8 Å². The molecule has 0 aromatic carbocycles. The lowest BCUT2D eigenvalue weighted by Gasteiger charge is -2.21. The first-order chi connectivity index (χ1) is 12.6. The molecule has 1 fully saturated rings. The van der Waals surface area contributed by atoms with Crippen LogP contribution in [0.4, 0.5) is 19.0 Å². The van der Waals surface area contributed by atoms with Crippen molar-refractivity contribution in [3.63, 3.8) is 0 Å². The smallest absolute Gasteiger partial charge is 0.366 e. The number of aromatic nitrogens is 3. The van der Waals surface area contributed by atoms with Crippen molar-refractivity contribution in [2.24, 2.45) is 0 Å². The van der Waals surface area contributed by atoms with Crippen molar-refractivity contribution in [3.05, 3.63) is 36.3 Å². The van der Waals surface area contributed by atoms with E-state index in [9.17, 15) is 21.6 Å². The van der Waals surface area contributed by atoms with Gasteiger partial charge in [-0.15, -0.1) is 0 Å². The van der Waals surface area contributed by atoms with Crippen LogP contribution in [0.15, 0.2) is 30.7 Å². The van der Waals surface area contributed by atoms with Gasteiger partial charge in [-0.1, -0.05) is 0 Å². The van der Waals surface area contributed by atoms with Gasteiger partial charge in [0.1, 0.15) is 5.82 Å². The molecule has 0 saturated heterocycles. The Labute approximate surface area is 154 Å². The van der Waals surface area contributed by atoms with Gasteiger partial charge in [0.15, 0.2) is 5.82 Å². The number of nitrogens with one attached hydrogen (secondary N) is 2. The largest absolute Gasteiger partial charge is 0.417 e. The average Bonchev–Trinajstić information content (AvgIpc) is 2.99. The van der Waals surface area contributed by atoms with Crippen molar-refractivity contribution >= 4 is 15.8 Å². The van der Waals surface area contributed by atoms with Crippen LogP contribution in [0.3, 0.4) is 0 Å². The molecule has 2 aromatic rings. The van der Waals surface area contributed by atoms with Crippen LogP contribution < -0.4 is 10.0 Å². The first-order valence-corrected chi connectivity index (χ1v) is 10.1. The summed E-state index contributed by atoms with van der Waals surface area (Å²) in [5.74, 6) is 0.508. The van der Waals surface area contributed by atoms with Gasteiger partial charge in [0.25, 0.3) is 0 Å². The maximum Gasteiger partial charge on any atom is 0.417 e. The van der Waals surface area contributed by atoms with Crippen LogP contribution in [0.5, 0.6) is 0 Å². The van der Waals surface area contributed by atoms with Gasteiger partial charge in [0.2, 0.25) is 10.0 Å². The molecule has 0 aliphatic heterocycles. The number of anilines is 1. The first kappa shape index (κ1) is 19.5. The third kappa shape index (κ3) is 5.13. The van der Waals surface area contributed by atoms with E-state index in [2.05, 4.69) is 25.0 Å². The number of hydrogen-bond donors (Lipinski definition) is 2. The highest BCUT2D eigenvalue weighted by atomic mass is 32.2. The molecule has 2 aromatic heterocycles. The number of alkyl halides is 3. The Hall–Kier alpha value is -2.27. The molecule has 1 saturated carbocycles. The van der Waals surface area contributed by atoms with Crippen molar-refractivity contribution < 1.29 is 21.6 Å². The molecule has 2 atom stereocenters. The fraction of sp³-hybridized carbons (Fsp3) is 0.438. The summed E-state index contributed by atoms with van der Waals surface area (Å²) in [7, 11) is -3.34. The predicted molar refractivity (Wildman–Crippen MR) is 93.3 cm³/mol. The lowest BCUT2D eigenvalue weighted by atomic mass is 10.2. The van der Waals surface area contributed by atoms with Crippen molar-refractivity contribution in [1.82, 2.24) is 19.7 Å². The second-order valence-electron chi connectivity index (χ2n) is 6.40. The van der Waals surface area contributed by atoms with Crippen molar-refractivity contribution in [1.29, 1.82) is 0 Å². The Balaban J connectivity index is 1.80. The standard InChI is InChI=1S/C16H18F3N5O2S/c1-27(25,26)24-13-4-2-3-12(13)22-14-5-6-21-15(23-14)10-7-11(9-20-8-10)16(17,18)19/h5-9,12-13,24H,2-4H2,1H3,(H,21,22,23). The Kier molecular flexibility index (Phi) is 5.33. The summed E-state index contributed by atoms with van der Waals surface area (Å²) in [5, 5.41) is 3.15. The van der Waals surface area contributed by atoms with E-state index < -0.39 is 21.8 Å². The molecular weight excluding hydrogens is 383 g/mol. The maximum atomic E-state index is 12.9. The van der Waals surface area contributed by atoms with Gasteiger partial charge in [-0.3, -0.25) is 4.98 Å². The van der Waals surface area contributed by atoms with E-state index in [4.69, 9.17) is 0 Å². The molecule has 2 N–H and O–H groups in total. The second kappa shape index (κ2) is 7.39. The Bertz CT molecular complexity index is 920. The summed E-state index contributed by atoms with van der Waals surface area (Å²) in [6.45, 7) is 0. The zero-order valence-electron chi connectivity index (χ0n) is 14.4. The van der Waals surface area contributed by atoms with Gasteiger partial charge >= 0.3 is 6.18 Å². The maximum absolute atomic E-state index is 12.9. The molecule has 0 amide bonds. The number of rotatable bonds is 5. The molecule has 2 unspecified atom stereocenters. The van der Waals surface area contributed by atoms with Gasteiger partial charge in [-0.05, 0) is 31.4 Å². The SMILES string of the molecule is CS(=O)(=O)NC1CCCC1Nc1ccnc(-c2cncc(C(F)(F)F)c2)n1. The minimum absolute atomic E-state index is 0.101. The Morgan fingerprint density at radius 1 is 1.19 bits per heavy atom. The van der Waals surface area contributed by atoms with Crippen molar-refractivity contribution in [2.45, 2.75) is 37.5 Å². The van der Waals surface area contributed by atoms with Crippen LogP contribution in [0.1, 0.15) is 24.8 Å². The van der Waals surface area contributed by atoms with Crippen LogP contribution in [0.2, 0.25) is 0 Å². The lowest BCUT2D eigenvalue weighted by molar-refractivity contribution is -0.137. The highest BCUT2D eigenvalue weighted by Gasteiger charge is 2.32. The van der Waals surface area contributed by atoms with Gasteiger partial charge in [-0.25, -0.2) is 23.1 Å². The van der Waals surface area contributed by atoms with E-state index in [1.165, 1.54) is 12.4 Å². The number of nitrogens with zero attached hydrogens (tertiary/aromatic N) is 3. The third-order valence-corrected chi connectivity index (χ3v) is 4.92. The molecule has 7 nitrogen and oxygen atoms in total. The van der Waals surface area contributed by atoms with Crippen molar-refractivity contribution in [2.75, 3.05) is 11.6 Å². The van der Waals surface area contributed by atoms with Crippen LogP contribution in [0.25, 0.3) is 11.4 Å². The molecule has 0 bridgehead atoms. The van der Waals surface area contributed by atoms with E-state index in [-0.39, 0.29) is 23.5 Å². The predicted octanol–water partition coefficient (Wildman–Crippen LogP) is 2.44. The fourth-order valence-electron chi connectivity index (χ4n) is 3.03. The fourth-order valence-corrected chi connectivity index (χ4v) is 3.87. The third-order valence-electron chi connectivity index (χ3n) is 4.19. The van der Waals surface area contributed by atoms with E-state index in [0.29, 0.717) is 12.2 Å². The van der Waals surface area contributed by atoms with Gasteiger partial charge in [0, 0.05) is 36.2 Å². The summed E-state index contributed by atoms with van der Waals surface area (Å²) < 4.78 is 64.1. The molecule has 11 heteroatoms. The molecule has 2 heterocycles. The molecular formula is C16H18F3N5O2S. The van der Waals surface area contributed by atoms with Gasteiger partial charge in [-0.2, -0.15) is 13.2 Å². The number of halogens is 3. The highest BCUT2D eigenvalue weighted by Crippen LogP contribution is 2.31. The normalized spacial score (nSPS) is 20.6. The summed E-state index contributed by atoms with van der Waals surface area (Å²) in [5.41, 5.74) is -0.735. The monoisotopic (exact) mass is 401 g/mol. The number of pyridine rings is 1. The number of hydrogen-bond acceptors (Lipinski definition) is 6. The minimum Gasteiger partial charge on any atom is -0.366 e. The summed E-state index contributed by atoms with van der Waals surface area (Å²) in [6.07, 6.45) is 2.32. The minimum atomic E-state index is -4.51. The summed E-state index contributed by atoms with van der Waals surface area (Å²) in [4.78, 5) is 11.9. The van der Waals surface area contributed by atoms with E-state index >= 15 is 0 Å². The topological polar surface area (TPSA) is 96.9 Å². The van der Waals surface area contributed by atoms with Crippen molar-refractivity contribution in [3.8, 4) is 11.4 Å². The van der Waals surface area contributed by atoms with E-state index in [1.54, 1.807) is 6.07 Å². The van der Waals surface area contributed by atoms with Crippen LogP contribution >= 0.6 is 0 Å². The van der Waals surface area contributed by atoms with Crippen LogP contribution in [0, 0.1) is 0 Å². The van der Waals surface area contributed by atoms with Crippen LogP contribution in [-0.4, -0.2) is 41.7 Å². The first-order valence-electron chi connectivity index (χ1n) is 8.21. The molecule has 27 heavy (non-hydrogen) atoms. The summed E-state index contributed by atoms with van der Waals surface area (Å²) in [6, 6.07) is 2.09.